The van der Waals surface area contributed by atoms with E-state index in [4.69, 9.17) is 10.5 Å². The average Bonchev–Trinajstić information content (AvgIpc) is 2.16. The van der Waals surface area contributed by atoms with Gasteiger partial charge in [-0.05, 0) is 25.5 Å². The second-order valence-electron chi connectivity index (χ2n) is 2.65. The molecule has 0 unspecified atom stereocenters. The molecule has 0 aliphatic rings. The molecule has 0 aromatic heterocycles. The molecule has 78 valence electrons. The van der Waals surface area contributed by atoms with E-state index in [9.17, 15) is 4.79 Å². The van der Waals surface area contributed by atoms with Gasteiger partial charge in [0, 0.05) is 0 Å². The molecular weight excluding hydrogens is 180 g/mol. The SMILES string of the molecule is C=C(CCN)COC(=O)NCC#CC. The van der Waals surface area contributed by atoms with Gasteiger partial charge in [-0.3, -0.25) is 0 Å². The van der Waals surface area contributed by atoms with Crippen molar-refractivity contribution in [3.63, 3.8) is 0 Å². The van der Waals surface area contributed by atoms with Gasteiger partial charge < -0.3 is 15.8 Å². The minimum absolute atomic E-state index is 0.211. The molecule has 4 heteroatoms. The van der Waals surface area contributed by atoms with Crippen molar-refractivity contribution < 1.29 is 9.53 Å². The maximum atomic E-state index is 11.0. The lowest BCUT2D eigenvalue weighted by atomic mass is 10.2. The second-order valence-corrected chi connectivity index (χ2v) is 2.65. The lowest BCUT2D eigenvalue weighted by Crippen LogP contribution is -2.25. The Morgan fingerprint density at radius 1 is 1.64 bits per heavy atom. The zero-order chi connectivity index (χ0) is 10.8. The molecule has 0 saturated heterocycles. The maximum Gasteiger partial charge on any atom is 0.408 e. The van der Waals surface area contributed by atoms with Crippen LogP contribution in [0.25, 0.3) is 0 Å². The molecule has 0 aromatic rings. The molecule has 0 heterocycles. The van der Waals surface area contributed by atoms with Gasteiger partial charge in [0.05, 0.1) is 6.54 Å². The number of nitrogens with one attached hydrogen (secondary N) is 1. The van der Waals surface area contributed by atoms with Crippen molar-refractivity contribution in [1.29, 1.82) is 0 Å². The van der Waals surface area contributed by atoms with Gasteiger partial charge in [-0.1, -0.05) is 12.5 Å². The summed E-state index contributed by atoms with van der Waals surface area (Å²) in [7, 11) is 0. The van der Waals surface area contributed by atoms with Crippen LogP contribution in [0.2, 0.25) is 0 Å². The van der Waals surface area contributed by atoms with Crippen molar-refractivity contribution in [2.24, 2.45) is 5.73 Å². The molecule has 0 fully saturated rings. The Balaban J connectivity index is 3.51. The molecule has 0 spiro atoms. The van der Waals surface area contributed by atoms with Crippen molar-refractivity contribution in [1.82, 2.24) is 5.32 Å². The standard InChI is InChI=1S/C10H16N2O2/c1-3-4-7-12-10(13)14-8-9(2)5-6-11/h2,5-8,11H2,1H3,(H,12,13). The van der Waals surface area contributed by atoms with Gasteiger partial charge in [-0.2, -0.15) is 0 Å². The Kier molecular flexibility index (Phi) is 7.29. The molecule has 0 aliphatic heterocycles. The Hall–Kier alpha value is -1.47. The van der Waals surface area contributed by atoms with Crippen LogP contribution in [0, 0.1) is 11.8 Å². The number of carbonyl (C=O) groups excluding carboxylic acids is 1. The van der Waals surface area contributed by atoms with Gasteiger partial charge in [0.2, 0.25) is 0 Å². The van der Waals surface area contributed by atoms with E-state index in [1.807, 2.05) is 0 Å². The quantitative estimate of drug-likeness (QED) is 0.501. The fourth-order valence-electron chi connectivity index (χ4n) is 0.700. The fourth-order valence-corrected chi connectivity index (χ4v) is 0.700. The minimum Gasteiger partial charge on any atom is -0.445 e. The number of carbonyl (C=O) groups is 1. The summed E-state index contributed by atoms with van der Waals surface area (Å²) in [5.74, 6) is 5.34. The van der Waals surface area contributed by atoms with Crippen molar-refractivity contribution >= 4 is 6.09 Å². The van der Waals surface area contributed by atoms with Crippen LogP contribution in [-0.4, -0.2) is 25.8 Å². The number of amides is 1. The van der Waals surface area contributed by atoms with E-state index in [-0.39, 0.29) is 6.61 Å². The summed E-state index contributed by atoms with van der Waals surface area (Å²) in [6.07, 6.45) is 0.188. The summed E-state index contributed by atoms with van der Waals surface area (Å²) < 4.78 is 4.83. The predicted molar refractivity (Wildman–Crippen MR) is 55.6 cm³/mol. The summed E-state index contributed by atoms with van der Waals surface area (Å²) in [6, 6.07) is 0. The van der Waals surface area contributed by atoms with Crippen molar-refractivity contribution in [3.8, 4) is 11.8 Å². The zero-order valence-electron chi connectivity index (χ0n) is 8.43. The summed E-state index contributed by atoms with van der Waals surface area (Å²) in [4.78, 5) is 11.0. The number of rotatable bonds is 5. The maximum absolute atomic E-state index is 11.0. The second kappa shape index (κ2) is 8.14. The zero-order valence-corrected chi connectivity index (χ0v) is 8.43. The third kappa shape index (κ3) is 7.19. The topological polar surface area (TPSA) is 64.3 Å². The first kappa shape index (κ1) is 12.5. The molecule has 0 atom stereocenters. The van der Waals surface area contributed by atoms with Gasteiger partial charge >= 0.3 is 6.09 Å². The van der Waals surface area contributed by atoms with Crippen LogP contribution in [-0.2, 0) is 4.74 Å². The molecule has 0 aliphatic carbocycles. The van der Waals surface area contributed by atoms with Crippen LogP contribution in [0.1, 0.15) is 13.3 Å². The smallest absolute Gasteiger partial charge is 0.408 e. The van der Waals surface area contributed by atoms with Gasteiger partial charge in [0.25, 0.3) is 0 Å². The van der Waals surface area contributed by atoms with Crippen LogP contribution in [0.4, 0.5) is 4.79 Å². The first-order valence-corrected chi connectivity index (χ1v) is 4.37. The largest absolute Gasteiger partial charge is 0.445 e. The van der Waals surface area contributed by atoms with E-state index in [0.29, 0.717) is 19.5 Å². The highest BCUT2D eigenvalue weighted by Gasteiger charge is 2.00. The highest BCUT2D eigenvalue weighted by molar-refractivity contribution is 5.67. The van der Waals surface area contributed by atoms with Crippen LogP contribution >= 0.6 is 0 Å². The molecule has 14 heavy (non-hydrogen) atoms. The summed E-state index contributed by atoms with van der Waals surface area (Å²) >= 11 is 0. The first-order chi connectivity index (χ1) is 6.70. The van der Waals surface area contributed by atoms with Crippen LogP contribution in [0.15, 0.2) is 12.2 Å². The van der Waals surface area contributed by atoms with Crippen molar-refractivity contribution in [2.75, 3.05) is 19.7 Å². The number of ether oxygens (including phenoxy) is 1. The summed E-state index contributed by atoms with van der Waals surface area (Å²) in [5, 5.41) is 2.47. The van der Waals surface area contributed by atoms with Crippen LogP contribution in [0.5, 0.6) is 0 Å². The van der Waals surface area contributed by atoms with Crippen molar-refractivity contribution in [3.05, 3.63) is 12.2 Å². The molecule has 4 nitrogen and oxygen atoms in total. The van der Waals surface area contributed by atoms with E-state index in [2.05, 4.69) is 23.7 Å². The molecular formula is C10H16N2O2. The Morgan fingerprint density at radius 2 is 2.36 bits per heavy atom. The van der Waals surface area contributed by atoms with E-state index in [1.165, 1.54) is 0 Å². The normalized spacial score (nSPS) is 8.43. The number of hydrogen-bond acceptors (Lipinski definition) is 3. The van der Waals surface area contributed by atoms with E-state index >= 15 is 0 Å². The van der Waals surface area contributed by atoms with E-state index < -0.39 is 6.09 Å². The summed E-state index contributed by atoms with van der Waals surface area (Å²) in [6.45, 7) is 6.44. The van der Waals surface area contributed by atoms with Crippen molar-refractivity contribution in [2.45, 2.75) is 13.3 Å². The monoisotopic (exact) mass is 196 g/mol. The Bertz CT molecular complexity index is 251. The Morgan fingerprint density at radius 3 is 2.93 bits per heavy atom. The highest BCUT2D eigenvalue weighted by atomic mass is 16.5. The van der Waals surface area contributed by atoms with Gasteiger partial charge in [0.15, 0.2) is 0 Å². The third-order valence-corrected chi connectivity index (χ3v) is 1.40. The molecule has 0 radical (unpaired) electrons. The third-order valence-electron chi connectivity index (χ3n) is 1.40. The Labute approximate surface area is 84.5 Å². The van der Waals surface area contributed by atoms with E-state index in [1.54, 1.807) is 6.92 Å². The molecule has 1 amide bonds. The lowest BCUT2D eigenvalue weighted by Gasteiger charge is -2.06. The molecule has 0 aromatic carbocycles. The van der Waals surface area contributed by atoms with Gasteiger partial charge in [-0.15, -0.1) is 5.92 Å². The van der Waals surface area contributed by atoms with Crippen LogP contribution < -0.4 is 11.1 Å². The number of nitrogens with two attached hydrogens (primary N) is 1. The average molecular weight is 196 g/mol. The fraction of sp³-hybridized carbons (Fsp3) is 0.500. The van der Waals surface area contributed by atoms with Gasteiger partial charge in [0.1, 0.15) is 6.61 Å². The molecule has 0 saturated carbocycles. The molecule has 0 rings (SSSR count). The summed E-state index contributed by atoms with van der Waals surface area (Å²) in [5.41, 5.74) is 6.11. The lowest BCUT2D eigenvalue weighted by molar-refractivity contribution is 0.156. The number of hydrogen-bond donors (Lipinski definition) is 2. The van der Waals surface area contributed by atoms with E-state index in [0.717, 1.165) is 5.57 Å². The predicted octanol–water partition coefficient (Wildman–Crippen LogP) is 0.641. The van der Waals surface area contributed by atoms with Crippen LogP contribution in [0.3, 0.4) is 0 Å². The highest BCUT2D eigenvalue weighted by Crippen LogP contribution is 1.96. The molecule has 3 N–H and O–H groups in total. The molecule has 0 bridgehead atoms. The van der Waals surface area contributed by atoms with Gasteiger partial charge in [-0.25, -0.2) is 4.79 Å². The first-order valence-electron chi connectivity index (χ1n) is 4.37. The number of alkyl carbamates (subject to hydrolysis) is 1. The minimum atomic E-state index is -0.481.